The number of anilines is 1. The van der Waals surface area contributed by atoms with E-state index in [1.165, 1.54) is 0 Å². The summed E-state index contributed by atoms with van der Waals surface area (Å²) in [5.41, 5.74) is 1.83. The molecule has 0 aliphatic heterocycles. The first-order valence-electron chi connectivity index (χ1n) is 7.60. The maximum Gasteiger partial charge on any atom is 0.0998 e. The molecule has 0 radical (unpaired) electrons. The number of nitrogens with one attached hydrogen (secondary N) is 1. The Morgan fingerprint density at radius 3 is 2.38 bits per heavy atom. The lowest BCUT2D eigenvalue weighted by atomic mass is 10.0. The third-order valence-corrected chi connectivity index (χ3v) is 3.87. The van der Waals surface area contributed by atoms with Gasteiger partial charge < -0.3 is 10.2 Å². The molecule has 1 atom stereocenters. The molecular weight excluding hydrogens is 258 g/mol. The van der Waals surface area contributed by atoms with Gasteiger partial charge >= 0.3 is 0 Å². The Morgan fingerprint density at radius 1 is 1.10 bits per heavy atom. The molecule has 0 saturated carbocycles. The fourth-order valence-corrected chi connectivity index (χ4v) is 2.70. The molecule has 0 heterocycles. The van der Waals surface area contributed by atoms with Gasteiger partial charge in [0.05, 0.1) is 11.6 Å². The number of nitriles is 1. The fourth-order valence-electron chi connectivity index (χ4n) is 2.70. The predicted molar refractivity (Wildman–Crippen MR) is 89.5 cm³/mol. The van der Waals surface area contributed by atoms with Gasteiger partial charge in [-0.15, -0.1) is 0 Å². The van der Waals surface area contributed by atoms with Crippen LogP contribution in [0, 0.1) is 11.3 Å². The standard InChI is InChI=1S/C18H23N3/c1-4-21(5-2)13-14(3)20-18-11-10-15(12-19)16-8-6-7-9-17(16)18/h6-11,14,20H,4-5,13H2,1-3H3. The summed E-state index contributed by atoms with van der Waals surface area (Å²) in [7, 11) is 0. The summed E-state index contributed by atoms with van der Waals surface area (Å²) >= 11 is 0. The lowest BCUT2D eigenvalue weighted by Gasteiger charge is -2.24. The van der Waals surface area contributed by atoms with Crippen LogP contribution < -0.4 is 5.32 Å². The van der Waals surface area contributed by atoms with E-state index in [1.807, 2.05) is 30.3 Å². The zero-order chi connectivity index (χ0) is 15.2. The first-order chi connectivity index (χ1) is 10.2. The number of benzene rings is 2. The van der Waals surface area contributed by atoms with Gasteiger partial charge in [-0.3, -0.25) is 0 Å². The van der Waals surface area contributed by atoms with E-state index in [9.17, 15) is 5.26 Å². The highest BCUT2D eigenvalue weighted by atomic mass is 15.1. The highest BCUT2D eigenvalue weighted by molar-refractivity contribution is 5.97. The molecule has 0 aliphatic rings. The number of hydrogen-bond acceptors (Lipinski definition) is 3. The maximum atomic E-state index is 9.21. The van der Waals surface area contributed by atoms with Crippen molar-refractivity contribution in [3.63, 3.8) is 0 Å². The van der Waals surface area contributed by atoms with Crippen molar-refractivity contribution in [1.29, 1.82) is 5.26 Å². The van der Waals surface area contributed by atoms with Crippen molar-refractivity contribution >= 4 is 16.5 Å². The highest BCUT2D eigenvalue weighted by Crippen LogP contribution is 2.26. The Balaban J connectivity index is 2.25. The van der Waals surface area contributed by atoms with Crippen LogP contribution in [0.2, 0.25) is 0 Å². The Labute approximate surface area is 127 Å². The molecule has 0 bridgehead atoms. The average Bonchev–Trinajstić information content (AvgIpc) is 2.53. The van der Waals surface area contributed by atoms with Gasteiger partial charge in [-0.25, -0.2) is 0 Å². The Bertz CT molecular complexity index is 638. The molecule has 0 amide bonds. The number of nitrogens with zero attached hydrogens (tertiary/aromatic N) is 2. The highest BCUT2D eigenvalue weighted by Gasteiger charge is 2.10. The van der Waals surface area contributed by atoms with Crippen molar-refractivity contribution in [2.24, 2.45) is 0 Å². The maximum absolute atomic E-state index is 9.21. The van der Waals surface area contributed by atoms with Gasteiger partial charge in [0.2, 0.25) is 0 Å². The normalized spacial score (nSPS) is 12.3. The molecule has 0 aliphatic carbocycles. The Kier molecular flexibility index (Phi) is 5.19. The third-order valence-electron chi connectivity index (χ3n) is 3.87. The summed E-state index contributed by atoms with van der Waals surface area (Å²) in [5, 5.41) is 14.9. The molecule has 2 aromatic carbocycles. The zero-order valence-corrected chi connectivity index (χ0v) is 13.1. The van der Waals surface area contributed by atoms with E-state index in [1.54, 1.807) is 0 Å². The molecule has 1 N–H and O–H groups in total. The number of likely N-dealkylation sites (N-methyl/N-ethyl adjacent to an activating group) is 1. The van der Waals surface area contributed by atoms with Crippen molar-refractivity contribution in [2.45, 2.75) is 26.8 Å². The summed E-state index contributed by atoms with van der Waals surface area (Å²) in [6, 6.07) is 14.6. The zero-order valence-electron chi connectivity index (χ0n) is 13.1. The van der Waals surface area contributed by atoms with Crippen LogP contribution in [0.15, 0.2) is 36.4 Å². The van der Waals surface area contributed by atoms with Gasteiger partial charge in [0.1, 0.15) is 0 Å². The van der Waals surface area contributed by atoms with Crippen molar-refractivity contribution in [3.05, 3.63) is 42.0 Å². The monoisotopic (exact) mass is 281 g/mol. The van der Waals surface area contributed by atoms with E-state index in [0.29, 0.717) is 6.04 Å². The summed E-state index contributed by atoms with van der Waals surface area (Å²) in [6.45, 7) is 9.72. The SMILES string of the molecule is CCN(CC)CC(C)Nc1ccc(C#N)c2ccccc12. The second-order valence-corrected chi connectivity index (χ2v) is 5.35. The molecule has 0 spiro atoms. The number of fused-ring (bicyclic) bond motifs is 1. The quantitative estimate of drug-likeness (QED) is 0.874. The van der Waals surface area contributed by atoms with Crippen molar-refractivity contribution in [1.82, 2.24) is 4.90 Å². The first kappa shape index (κ1) is 15.3. The molecule has 1 unspecified atom stereocenters. The third kappa shape index (κ3) is 3.53. The Morgan fingerprint density at radius 2 is 1.76 bits per heavy atom. The van der Waals surface area contributed by atoms with Crippen molar-refractivity contribution in [2.75, 3.05) is 25.0 Å². The van der Waals surface area contributed by atoms with Crippen LogP contribution in [0.1, 0.15) is 26.3 Å². The van der Waals surface area contributed by atoms with E-state index in [-0.39, 0.29) is 0 Å². The largest absolute Gasteiger partial charge is 0.381 e. The predicted octanol–water partition coefficient (Wildman–Crippen LogP) is 3.85. The minimum Gasteiger partial charge on any atom is -0.381 e. The van der Waals surface area contributed by atoms with Crippen LogP contribution in [0.4, 0.5) is 5.69 Å². The lowest BCUT2D eigenvalue weighted by molar-refractivity contribution is 0.295. The number of hydrogen-bond donors (Lipinski definition) is 1. The van der Waals surface area contributed by atoms with E-state index in [4.69, 9.17) is 0 Å². The molecule has 0 aromatic heterocycles. The molecule has 3 heteroatoms. The summed E-state index contributed by atoms with van der Waals surface area (Å²) < 4.78 is 0. The lowest BCUT2D eigenvalue weighted by Crippen LogP contribution is -2.34. The minimum absolute atomic E-state index is 0.362. The van der Waals surface area contributed by atoms with Crippen LogP contribution >= 0.6 is 0 Å². The van der Waals surface area contributed by atoms with Crippen LogP contribution in [0.25, 0.3) is 10.8 Å². The summed E-state index contributed by atoms with van der Waals surface area (Å²) in [6.07, 6.45) is 0. The molecule has 0 fully saturated rings. The van der Waals surface area contributed by atoms with E-state index < -0.39 is 0 Å². The van der Waals surface area contributed by atoms with Crippen LogP contribution in [0.3, 0.4) is 0 Å². The van der Waals surface area contributed by atoms with E-state index >= 15 is 0 Å². The summed E-state index contributed by atoms with van der Waals surface area (Å²) in [4.78, 5) is 2.41. The molecule has 21 heavy (non-hydrogen) atoms. The van der Waals surface area contributed by atoms with Crippen LogP contribution in [-0.2, 0) is 0 Å². The van der Waals surface area contributed by atoms with Gasteiger partial charge in [-0.05, 0) is 32.1 Å². The second-order valence-electron chi connectivity index (χ2n) is 5.35. The van der Waals surface area contributed by atoms with Crippen LogP contribution in [0.5, 0.6) is 0 Å². The Hall–Kier alpha value is -2.05. The van der Waals surface area contributed by atoms with Gasteiger partial charge in [0.25, 0.3) is 0 Å². The molecule has 2 aromatic rings. The molecule has 2 rings (SSSR count). The molecule has 0 saturated heterocycles. The first-order valence-corrected chi connectivity index (χ1v) is 7.60. The average molecular weight is 281 g/mol. The topological polar surface area (TPSA) is 39.1 Å². The van der Waals surface area contributed by atoms with Crippen molar-refractivity contribution < 1.29 is 0 Å². The van der Waals surface area contributed by atoms with Gasteiger partial charge in [0.15, 0.2) is 0 Å². The fraction of sp³-hybridized carbons (Fsp3) is 0.389. The molecule has 3 nitrogen and oxygen atoms in total. The van der Waals surface area contributed by atoms with Gasteiger partial charge in [-0.1, -0.05) is 38.1 Å². The van der Waals surface area contributed by atoms with Crippen LogP contribution in [-0.4, -0.2) is 30.6 Å². The minimum atomic E-state index is 0.362. The van der Waals surface area contributed by atoms with E-state index in [0.717, 1.165) is 41.7 Å². The smallest absolute Gasteiger partial charge is 0.0998 e. The van der Waals surface area contributed by atoms with Crippen molar-refractivity contribution in [3.8, 4) is 6.07 Å². The second kappa shape index (κ2) is 7.10. The summed E-state index contributed by atoms with van der Waals surface area (Å²) in [5.74, 6) is 0. The number of rotatable bonds is 6. The van der Waals surface area contributed by atoms with Gasteiger partial charge in [0, 0.05) is 29.0 Å². The van der Waals surface area contributed by atoms with Gasteiger partial charge in [-0.2, -0.15) is 5.26 Å². The molecule has 110 valence electrons. The molecular formula is C18H23N3. The van der Waals surface area contributed by atoms with E-state index in [2.05, 4.69) is 43.1 Å².